The van der Waals surface area contributed by atoms with E-state index in [9.17, 15) is 4.39 Å². The molecule has 96 valence electrons. The minimum Gasteiger partial charge on any atom is -0.491 e. The zero-order valence-electron chi connectivity index (χ0n) is 10.8. The van der Waals surface area contributed by atoms with Gasteiger partial charge < -0.3 is 10.1 Å². The van der Waals surface area contributed by atoms with Crippen molar-refractivity contribution < 1.29 is 9.13 Å². The summed E-state index contributed by atoms with van der Waals surface area (Å²) in [5, 5.41) is 3.27. The Bertz CT molecular complexity index is 328. The van der Waals surface area contributed by atoms with Crippen molar-refractivity contribution in [2.45, 2.75) is 33.1 Å². The number of nitrogens with one attached hydrogen (secondary N) is 1. The van der Waals surface area contributed by atoms with E-state index in [0.717, 1.165) is 32.4 Å². The van der Waals surface area contributed by atoms with Gasteiger partial charge in [-0.1, -0.05) is 19.1 Å². The Kier molecular flexibility index (Phi) is 6.63. The van der Waals surface area contributed by atoms with Gasteiger partial charge in [-0.2, -0.15) is 0 Å². The molecule has 17 heavy (non-hydrogen) atoms. The molecule has 0 unspecified atom stereocenters. The van der Waals surface area contributed by atoms with Crippen LogP contribution in [0, 0.1) is 12.7 Å². The fourth-order valence-corrected chi connectivity index (χ4v) is 1.62. The number of rotatable bonds is 8. The van der Waals surface area contributed by atoms with Crippen LogP contribution in [0.5, 0.6) is 5.75 Å². The van der Waals surface area contributed by atoms with Crippen LogP contribution in [0.15, 0.2) is 18.2 Å². The highest BCUT2D eigenvalue weighted by atomic mass is 19.1. The summed E-state index contributed by atoms with van der Waals surface area (Å²) >= 11 is 0. The van der Waals surface area contributed by atoms with Crippen LogP contribution < -0.4 is 10.1 Å². The van der Waals surface area contributed by atoms with Gasteiger partial charge in [0.05, 0.1) is 6.61 Å². The maximum atomic E-state index is 13.5. The molecule has 0 aliphatic heterocycles. The number of halogens is 1. The van der Waals surface area contributed by atoms with Gasteiger partial charge in [0.15, 0.2) is 11.6 Å². The summed E-state index contributed by atoms with van der Waals surface area (Å²) in [6.07, 6.45) is 3.23. The first-order valence-corrected chi connectivity index (χ1v) is 6.34. The van der Waals surface area contributed by atoms with Crippen LogP contribution in [-0.4, -0.2) is 19.7 Å². The van der Waals surface area contributed by atoms with E-state index in [1.165, 1.54) is 0 Å². The third-order valence-corrected chi connectivity index (χ3v) is 2.66. The standard InChI is InChI=1S/C14H22FNO/c1-3-16-10-5-4-6-11-17-13-9-7-8-12(2)14(13)15/h7-9,16H,3-6,10-11H2,1-2H3. The van der Waals surface area contributed by atoms with Gasteiger partial charge >= 0.3 is 0 Å². The number of ether oxygens (including phenoxy) is 1. The fourth-order valence-electron chi connectivity index (χ4n) is 1.62. The Morgan fingerprint density at radius 1 is 1.24 bits per heavy atom. The van der Waals surface area contributed by atoms with Crippen LogP contribution in [0.25, 0.3) is 0 Å². The minimum absolute atomic E-state index is 0.236. The third-order valence-electron chi connectivity index (χ3n) is 2.66. The average Bonchev–Trinajstić information content (AvgIpc) is 2.33. The lowest BCUT2D eigenvalue weighted by Gasteiger charge is -2.08. The smallest absolute Gasteiger partial charge is 0.167 e. The van der Waals surface area contributed by atoms with E-state index in [1.54, 1.807) is 19.1 Å². The predicted octanol–water partition coefficient (Wildman–Crippen LogP) is 3.29. The fraction of sp³-hybridized carbons (Fsp3) is 0.571. The molecule has 2 nitrogen and oxygen atoms in total. The van der Waals surface area contributed by atoms with Crippen LogP contribution in [0.1, 0.15) is 31.7 Å². The summed E-state index contributed by atoms with van der Waals surface area (Å²) in [5.41, 5.74) is 0.634. The SMILES string of the molecule is CCNCCCCCOc1cccc(C)c1F. The summed E-state index contributed by atoms with van der Waals surface area (Å²) in [7, 11) is 0. The molecular formula is C14H22FNO. The molecule has 0 fully saturated rings. The van der Waals surface area contributed by atoms with Crippen molar-refractivity contribution in [2.75, 3.05) is 19.7 Å². The van der Waals surface area contributed by atoms with Crippen molar-refractivity contribution in [2.24, 2.45) is 0 Å². The molecule has 0 atom stereocenters. The number of hydrogen-bond acceptors (Lipinski definition) is 2. The van der Waals surface area contributed by atoms with Crippen LogP contribution in [-0.2, 0) is 0 Å². The highest BCUT2D eigenvalue weighted by molar-refractivity contribution is 5.29. The van der Waals surface area contributed by atoms with Gasteiger partial charge in [-0.05, 0) is 50.9 Å². The first-order chi connectivity index (χ1) is 8.25. The predicted molar refractivity (Wildman–Crippen MR) is 69.0 cm³/mol. The molecule has 0 bridgehead atoms. The van der Waals surface area contributed by atoms with Gasteiger partial charge in [0.1, 0.15) is 0 Å². The lowest BCUT2D eigenvalue weighted by molar-refractivity contribution is 0.290. The van der Waals surface area contributed by atoms with Gasteiger partial charge in [-0.3, -0.25) is 0 Å². The Balaban J connectivity index is 2.16. The number of aryl methyl sites for hydroxylation is 1. The molecule has 0 aliphatic carbocycles. The molecule has 0 saturated carbocycles. The highest BCUT2D eigenvalue weighted by Crippen LogP contribution is 2.19. The van der Waals surface area contributed by atoms with Gasteiger partial charge in [-0.15, -0.1) is 0 Å². The van der Waals surface area contributed by atoms with E-state index < -0.39 is 0 Å². The Morgan fingerprint density at radius 3 is 2.82 bits per heavy atom. The van der Waals surface area contributed by atoms with Gasteiger partial charge in [0, 0.05) is 0 Å². The zero-order chi connectivity index (χ0) is 12.5. The van der Waals surface area contributed by atoms with E-state index in [4.69, 9.17) is 4.74 Å². The second-order valence-electron chi connectivity index (χ2n) is 4.15. The van der Waals surface area contributed by atoms with Crippen molar-refractivity contribution >= 4 is 0 Å². The summed E-state index contributed by atoms with van der Waals surface area (Å²) in [6, 6.07) is 5.25. The zero-order valence-corrected chi connectivity index (χ0v) is 10.8. The topological polar surface area (TPSA) is 21.3 Å². The normalized spacial score (nSPS) is 10.5. The number of unbranched alkanes of at least 4 members (excludes halogenated alkanes) is 2. The van der Waals surface area contributed by atoms with Crippen LogP contribution >= 0.6 is 0 Å². The molecule has 0 radical (unpaired) electrons. The summed E-state index contributed by atoms with van der Waals surface area (Å²) < 4.78 is 19.0. The van der Waals surface area contributed by atoms with Crippen LogP contribution in [0.4, 0.5) is 4.39 Å². The van der Waals surface area contributed by atoms with Crippen molar-refractivity contribution in [1.82, 2.24) is 5.32 Å². The average molecular weight is 239 g/mol. The van der Waals surface area contributed by atoms with Crippen molar-refractivity contribution in [3.05, 3.63) is 29.6 Å². The quantitative estimate of drug-likeness (QED) is 0.703. The molecule has 1 aromatic rings. The Labute approximate surface area is 103 Å². The molecule has 0 saturated heterocycles. The van der Waals surface area contributed by atoms with Crippen LogP contribution in [0.3, 0.4) is 0 Å². The van der Waals surface area contributed by atoms with E-state index in [-0.39, 0.29) is 5.82 Å². The van der Waals surface area contributed by atoms with Crippen molar-refractivity contribution in [3.8, 4) is 5.75 Å². The summed E-state index contributed by atoms with van der Waals surface area (Å²) in [5.74, 6) is 0.136. The monoisotopic (exact) mass is 239 g/mol. The summed E-state index contributed by atoms with van der Waals surface area (Å²) in [4.78, 5) is 0. The lowest BCUT2D eigenvalue weighted by atomic mass is 10.2. The van der Waals surface area contributed by atoms with Crippen molar-refractivity contribution in [1.29, 1.82) is 0 Å². The maximum absolute atomic E-state index is 13.5. The molecule has 0 aromatic heterocycles. The second-order valence-corrected chi connectivity index (χ2v) is 4.15. The Morgan fingerprint density at radius 2 is 2.06 bits per heavy atom. The minimum atomic E-state index is -0.236. The molecule has 0 amide bonds. The highest BCUT2D eigenvalue weighted by Gasteiger charge is 2.04. The second kappa shape index (κ2) is 8.07. The molecule has 0 aliphatic rings. The number of benzene rings is 1. The molecule has 1 rings (SSSR count). The molecule has 3 heteroatoms. The molecule has 1 N–H and O–H groups in total. The van der Waals surface area contributed by atoms with Gasteiger partial charge in [0.25, 0.3) is 0 Å². The molecule has 0 heterocycles. The van der Waals surface area contributed by atoms with Crippen LogP contribution in [0.2, 0.25) is 0 Å². The third kappa shape index (κ3) is 5.18. The first-order valence-electron chi connectivity index (χ1n) is 6.34. The summed E-state index contributed by atoms with van der Waals surface area (Å²) in [6.45, 7) is 6.51. The van der Waals surface area contributed by atoms with E-state index in [1.807, 2.05) is 6.07 Å². The lowest BCUT2D eigenvalue weighted by Crippen LogP contribution is -2.14. The largest absolute Gasteiger partial charge is 0.491 e. The first kappa shape index (κ1) is 14.0. The molecule has 1 aromatic carbocycles. The maximum Gasteiger partial charge on any atom is 0.167 e. The molecular weight excluding hydrogens is 217 g/mol. The van der Waals surface area contributed by atoms with E-state index in [0.29, 0.717) is 17.9 Å². The Hall–Kier alpha value is -1.09. The van der Waals surface area contributed by atoms with E-state index in [2.05, 4.69) is 12.2 Å². The van der Waals surface area contributed by atoms with Gasteiger partial charge in [-0.25, -0.2) is 4.39 Å². The van der Waals surface area contributed by atoms with Crippen molar-refractivity contribution in [3.63, 3.8) is 0 Å². The van der Waals surface area contributed by atoms with E-state index >= 15 is 0 Å². The molecule has 0 spiro atoms. The number of hydrogen-bond donors (Lipinski definition) is 1. The van der Waals surface area contributed by atoms with Gasteiger partial charge in [0.2, 0.25) is 0 Å².